The summed E-state index contributed by atoms with van der Waals surface area (Å²) >= 11 is 0. The van der Waals surface area contributed by atoms with Crippen molar-refractivity contribution in [1.29, 1.82) is 0 Å². The summed E-state index contributed by atoms with van der Waals surface area (Å²) < 4.78 is 0. The Morgan fingerprint density at radius 3 is 2.70 bits per heavy atom. The lowest BCUT2D eigenvalue weighted by Crippen LogP contribution is -2.35. The minimum absolute atomic E-state index is 0. The second kappa shape index (κ2) is 6.25. The van der Waals surface area contributed by atoms with Crippen LogP contribution in [0.4, 0.5) is 0 Å². The number of carboxylic acid groups (broad SMARTS) is 1. The third kappa shape index (κ3) is 2.94. The number of likely N-dealkylation sites (tertiary alicyclic amines) is 1. The third-order valence-electron chi connectivity index (χ3n) is 3.85. The highest BCUT2D eigenvalue weighted by Crippen LogP contribution is 2.22. The Morgan fingerprint density at radius 1 is 1.20 bits per heavy atom. The second-order valence-corrected chi connectivity index (χ2v) is 5.15. The number of carboxylic acids is 1. The van der Waals surface area contributed by atoms with Gasteiger partial charge in [-0.05, 0) is 41.8 Å². The van der Waals surface area contributed by atoms with Crippen molar-refractivity contribution >= 4 is 29.1 Å². The van der Waals surface area contributed by atoms with E-state index in [0.717, 1.165) is 25.9 Å². The Kier molecular flexibility index (Phi) is 4.63. The number of nitrogens with zero attached hydrogens (tertiary/aromatic N) is 1. The largest absolute Gasteiger partial charge is 0.480 e. The zero-order valence-electron chi connectivity index (χ0n) is 11.2. The summed E-state index contributed by atoms with van der Waals surface area (Å²) in [6.07, 6.45) is 1.74. The van der Waals surface area contributed by atoms with Gasteiger partial charge in [-0.2, -0.15) is 0 Å². The van der Waals surface area contributed by atoms with Gasteiger partial charge in [0.15, 0.2) is 0 Å². The number of halogens is 1. The van der Waals surface area contributed by atoms with Gasteiger partial charge in [0.25, 0.3) is 0 Å². The molecule has 0 radical (unpaired) electrons. The quantitative estimate of drug-likeness (QED) is 0.943. The Labute approximate surface area is 124 Å². The Bertz CT molecular complexity index is 614. The molecule has 0 bridgehead atoms. The van der Waals surface area contributed by atoms with Crippen molar-refractivity contribution in [3.63, 3.8) is 0 Å². The summed E-state index contributed by atoms with van der Waals surface area (Å²) in [5.74, 6) is -0.696. The van der Waals surface area contributed by atoms with Crippen LogP contribution in [0.2, 0.25) is 0 Å². The lowest BCUT2D eigenvalue weighted by atomic mass is 10.1. The molecule has 0 aliphatic carbocycles. The molecule has 2 aromatic rings. The van der Waals surface area contributed by atoms with Gasteiger partial charge in [-0.25, -0.2) is 0 Å². The monoisotopic (exact) mass is 291 g/mol. The van der Waals surface area contributed by atoms with Gasteiger partial charge >= 0.3 is 5.97 Å². The SMILES string of the molecule is Cl.O=C(O)[C@H]1CCCN1Cc1ccc2ccccc2c1. The van der Waals surface area contributed by atoms with Crippen LogP contribution in [-0.4, -0.2) is 28.6 Å². The highest BCUT2D eigenvalue weighted by atomic mass is 35.5. The van der Waals surface area contributed by atoms with Gasteiger partial charge in [-0.3, -0.25) is 9.69 Å². The predicted octanol–water partition coefficient (Wildman–Crippen LogP) is 3.31. The van der Waals surface area contributed by atoms with Crippen molar-refractivity contribution in [3.05, 3.63) is 48.0 Å². The number of rotatable bonds is 3. The molecule has 20 heavy (non-hydrogen) atoms. The highest BCUT2D eigenvalue weighted by Gasteiger charge is 2.30. The first-order chi connectivity index (χ1) is 9.24. The number of aliphatic carboxylic acids is 1. The van der Waals surface area contributed by atoms with E-state index >= 15 is 0 Å². The van der Waals surface area contributed by atoms with Gasteiger partial charge in [0.2, 0.25) is 0 Å². The molecule has 1 atom stereocenters. The number of carbonyl (C=O) groups is 1. The molecule has 1 saturated heterocycles. The van der Waals surface area contributed by atoms with Gasteiger partial charge in [-0.15, -0.1) is 12.4 Å². The Morgan fingerprint density at radius 2 is 1.95 bits per heavy atom. The first kappa shape index (κ1) is 14.8. The molecular formula is C16H18ClNO2. The van der Waals surface area contributed by atoms with E-state index in [-0.39, 0.29) is 18.4 Å². The van der Waals surface area contributed by atoms with Crippen molar-refractivity contribution in [3.8, 4) is 0 Å². The topological polar surface area (TPSA) is 40.5 Å². The maximum atomic E-state index is 11.2. The summed E-state index contributed by atoms with van der Waals surface area (Å²) in [5.41, 5.74) is 1.19. The van der Waals surface area contributed by atoms with Crippen molar-refractivity contribution in [2.45, 2.75) is 25.4 Å². The minimum atomic E-state index is -0.696. The first-order valence-electron chi connectivity index (χ1n) is 6.68. The number of benzene rings is 2. The van der Waals surface area contributed by atoms with Crippen molar-refractivity contribution in [2.75, 3.05) is 6.54 Å². The second-order valence-electron chi connectivity index (χ2n) is 5.15. The molecule has 1 aliphatic heterocycles. The van der Waals surface area contributed by atoms with Gasteiger partial charge < -0.3 is 5.11 Å². The standard InChI is InChI=1S/C16H17NO2.ClH/c18-16(19)15-6-3-9-17(15)11-12-7-8-13-4-1-2-5-14(13)10-12;/h1-2,4-5,7-8,10,15H,3,6,9,11H2,(H,18,19);1H/t15-;/m1./s1. The average Bonchev–Trinajstić information content (AvgIpc) is 2.87. The van der Waals surface area contributed by atoms with Crippen LogP contribution in [0.1, 0.15) is 18.4 Å². The smallest absolute Gasteiger partial charge is 0.320 e. The summed E-state index contributed by atoms with van der Waals surface area (Å²) in [7, 11) is 0. The molecule has 0 unspecified atom stereocenters. The number of hydrogen-bond acceptors (Lipinski definition) is 2. The Hall–Kier alpha value is -1.58. The van der Waals surface area contributed by atoms with Crippen LogP contribution in [-0.2, 0) is 11.3 Å². The highest BCUT2D eigenvalue weighted by molar-refractivity contribution is 5.85. The molecule has 1 fully saturated rings. The molecule has 1 aliphatic rings. The Balaban J connectivity index is 0.00000147. The fourth-order valence-corrected chi connectivity index (χ4v) is 2.87. The van der Waals surface area contributed by atoms with Crippen LogP contribution in [0.25, 0.3) is 10.8 Å². The zero-order chi connectivity index (χ0) is 13.2. The molecule has 0 saturated carbocycles. The lowest BCUT2D eigenvalue weighted by Gasteiger charge is -2.21. The summed E-state index contributed by atoms with van der Waals surface area (Å²) in [5, 5.41) is 11.6. The zero-order valence-corrected chi connectivity index (χ0v) is 12.0. The van der Waals surface area contributed by atoms with E-state index < -0.39 is 5.97 Å². The van der Waals surface area contributed by atoms with Gasteiger partial charge in [-0.1, -0.05) is 36.4 Å². The molecule has 4 heteroatoms. The maximum Gasteiger partial charge on any atom is 0.320 e. The first-order valence-corrected chi connectivity index (χ1v) is 6.68. The van der Waals surface area contributed by atoms with Crippen molar-refractivity contribution in [2.24, 2.45) is 0 Å². The van der Waals surface area contributed by atoms with E-state index in [2.05, 4.69) is 35.2 Å². The van der Waals surface area contributed by atoms with Crippen LogP contribution >= 0.6 is 12.4 Å². The van der Waals surface area contributed by atoms with Crippen molar-refractivity contribution < 1.29 is 9.90 Å². The summed E-state index contributed by atoms with van der Waals surface area (Å²) in [4.78, 5) is 13.2. The van der Waals surface area contributed by atoms with Crippen molar-refractivity contribution in [1.82, 2.24) is 4.90 Å². The number of hydrogen-bond donors (Lipinski definition) is 1. The fourth-order valence-electron chi connectivity index (χ4n) is 2.87. The van der Waals surface area contributed by atoms with Crippen LogP contribution in [0.15, 0.2) is 42.5 Å². The molecule has 0 amide bonds. The van der Waals surface area contributed by atoms with E-state index in [1.54, 1.807) is 0 Å². The lowest BCUT2D eigenvalue weighted by molar-refractivity contribution is -0.142. The molecule has 3 nitrogen and oxygen atoms in total. The predicted molar refractivity (Wildman–Crippen MR) is 82.3 cm³/mol. The van der Waals surface area contributed by atoms with Crippen LogP contribution < -0.4 is 0 Å². The van der Waals surface area contributed by atoms with Gasteiger partial charge in [0.05, 0.1) is 0 Å². The van der Waals surface area contributed by atoms with E-state index in [4.69, 9.17) is 0 Å². The average molecular weight is 292 g/mol. The molecule has 3 rings (SSSR count). The summed E-state index contributed by atoms with van der Waals surface area (Å²) in [6, 6.07) is 14.3. The molecule has 1 N–H and O–H groups in total. The molecule has 0 aromatic heterocycles. The molecule has 2 aromatic carbocycles. The summed E-state index contributed by atoms with van der Waals surface area (Å²) in [6.45, 7) is 1.60. The minimum Gasteiger partial charge on any atom is -0.480 e. The van der Waals surface area contributed by atoms with Crippen LogP contribution in [0.3, 0.4) is 0 Å². The molecule has 1 heterocycles. The third-order valence-corrected chi connectivity index (χ3v) is 3.85. The van der Waals surface area contributed by atoms with Gasteiger partial charge in [0, 0.05) is 6.54 Å². The maximum absolute atomic E-state index is 11.2. The molecular weight excluding hydrogens is 274 g/mol. The van der Waals surface area contributed by atoms with E-state index in [0.29, 0.717) is 0 Å². The van der Waals surface area contributed by atoms with E-state index in [1.165, 1.54) is 16.3 Å². The van der Waals surface area contributed by atoms with Crippen LogP contribution in [0.5, 0.6) is 0 Å². The van der Waals surface area contributed by atoms with Crippen LogP contribution in [0, 0.1) is 0 Å². The van der Waals surface area contributed by atoms with Gasteiger partial charge in [0.1, 0.15) is 6.04 Å². The normalized spacial score (nSPS) is 18.9. The van der Waals surface area contributed by atoms with E-state index in [1.807, 2.05) is 12.1 Å². The van der Waals surface area contributed by atoms with E-state index in [9.17, 15) is 9.90 Å². The molecule has 0 spiro atoms. The number of fused-ring (bicyclic) bond motifs is 1. The molecule has 106 valence electrons. The fraction of sp³-hybridized carbons (Fsp3) is 0.312.